The predicted molar refractivity (Wildman–Crippen MR) is 110 cm³/mol. The van der Waals surface area contributed by atoms with Gasteiger partial charge in [0.05, 0.1) is 22.5 Å². The number of aromatic nitrogens is 4. The molecule has 0 unspecified atom stereocenters. The summed E-state index contributed by atoms with van der Waals surface area (Å²) in [6, 6.07) is 0. The van der Waals surface area contributed by atoms with Crippen LogP contribution in [0.25, 0.3) is 0 Å². The Balaban J connectivity index is 1.48. The minimum Gasteiger partial charge on any atom is -0.338 e. The molecule has 2 aromatic heterocycles. The van der Waals surface area contributed by atoms with Crippen molar-refractivity contribution in [2.24, 2.45) is 0 Å². The molecule has 4 heterocycles. The lowest BCUT2D eigenvalue weighted by Gasteiger charge is -2.32. The SMILES string of the molecule is CCn1nc(C)c(C(=O)N2CCC(c3nc4c(c(=O)[nH]3)CN(C)CC4)CC2)c1C. The quantitative estimate of drug-likeness (QED) is 0.849. The summed E-state index contributed by atoms with van der Waals surface area (Å²) >= 11 is 0. The molecule has 0 radical (unpaired) electrons. The van der Waals surface area contributed by atoms with Crippen LogP contribution in [0.5, 0.6) is 0 Å². The van der Waals surface area contributed by atoms with Crippen LogP contribution in [0.2, 0.25) is 0 Å². The van der Waals surface area contributed by atoms with Crippen molar-refractivity contribution in [1.82, 2.24) is 29.5 Å². The largest absolute Gasteiger partial charge is 0.338 e. The molecule has 0 aliphatic carbocycles. The van der Waals surface area contributed by atoms with Gasteiger partial charge in [-0.1, -0.05) is 0 Å². The van der Waals surface area contributed by atoms with Crippen molar-refractivity contribution >= 4 is 5.91 Å². The lowest BCUT2D eigenvalue weighted by atomic mass is 9.94. The number of likely N-dealkylation sites (tertiary alicyclic amines) is 1. The summed E-state index contributed by atoms with van der Waals surface area (Å²) < 4.78 is 1.88. The van der Waals surface area contributed by atoms with Crippen molar-refractivity contribution < 1.29 is 4.79 Å². The Hall–Kier alpha value is -2.48. The molecule has 1 amide bonds. The summed E-state index contributed by atoms with van der Waals surface area (Å²) in [6.07, 6.45) is 2.45. The Bertz CT molecular complexity index is 984. The molecule has 8 heteroatoms. The van der Waals surface area contributed by atoms with Crippen LogP contribution in [0.15, 0.2) is 4.79 Å². The summed E-state index contributed by atoms with van der Waals surface area (Å²) in [5, 5.41) is 4.48. The molecule has 0 atom stereocenters. The summed E-state index contributed by atoms with van der Waals surface area (Å²) in [6.45, 7) is 9.58. The van der Waals surface area contributed by atoms with E-state index < -0.39 is 0 Å². The van der Waals surface area contributed by atoms with E-state index in [4.69, 9.17) is 4.98 Å². The lowest BCUT2D eigenvalue weighted by Crippen LogP contribution is -2.39. The number of aryl methyl sites for hydroxylation is 2. The fraction of sp³-hybridized carbons (Fsp3) is 0.619. The van der Waals surface area contributed by atoms with Gasteiger partial charge in [0, 0.05) is 50.8 Å². The number of carbonyl (C=O) groups is 1. The van der Waals surface area contributed by atoms with Crippen LogP contribution in [0.3, 0.4) is 0 Å². The van der Waals surface area contributed by atoms with Crippen molar-refractivity contribution in [3.63, 3.8) is 0 Å². The third-order valence-electron chi connectivity index (χ3n) is 6.34. The molecule has 1 saturated heterocycles. The van der Waals surface area contributed by atoms with Gasteiger partial charge in [-0.25, -0.2) is 4.98 Å². The Kier molecular flexibility index (Phi) is 5.29. The zero-order valence-corrected chi connectivity index (χ0v) is 17.8. The van der Waals surface area contributed by atoms with Crippen LogP contribution in [0.4, 0.5) is 0 Å². The number of H-pyrrole nitrogens is 1. The van der Waals surface area contributed by atoms with Crippen molar-refractivity contribution in [3.05, 3.63) is 44.4 Å². The molecule has 8 nitrogen and oxygen atoms in total. The van der Waals surface area contributed by atoms with E-state index in [0.29, 0.717) is 19.6 Å². The molecule has 2 aromatic rings. The number of amides is 1. The number of hydrogen-bond donors (Lipinski definition) is 1. The van der Waals surface area contributed by atoms with E-state index in [0.717, 1.165) is 66.4 Å². The fourth-order valence-electron chi connectivity index (χ4n) is 4.60. The lowest BCUT2D eigenvalue weighted by molar-refractivity contribution is 0.0709. The second kappa shape index (κ2) is 7.74. The minimum absolute atomic E-state index is 0.00622. The van der Waals surface area contributed by atoms with E-state index >= 15 is 0 Å². The Labute approximate surface area is 170 Å². The van der Waals surface area contributed by atoms with E-state index in [1.807, 2.05) is 37.4 Å². The second-order valence-electron chi connectivity index (χ2n) is 8.29. The first-order chi connectivity index (χ1) is 13.9. The predicted octanol–water partition coefficient (Wildman–Crippen LogP) is 1.61. The van der Waals surface area contributed by atoms with Crippen LogP contribution in [-0.2, 0) is 19.5 Å². The monoisotopic (exact) mass is 398 g/mol. The van der Waals surface area contributed by atoms with Gasteiger partial charge in [-0.3, -0.25) is 14.3 Å². The van der Waals surface area contributed by atoms with Crippen molar-refractivity contribution in [1.29, 1.82) is 0 Å². The number of carbonyl (C=O) groups excluding carboxylic acids is 1. The Morgan fingerprint density at radius 2 is 1.93 bits per heavy atom. The Morgan fingerprint density at radius 1 is 1.21 bits per heavy atom. The molecule has 4 rings (SSSR count). The van der Waals surface area contributed by atoms with Crippen LogP contribution in [0, 0.1) is 13.8 Å². The Morgan fingerprint density at radius 3 is 2.59 bits per heavy atom. The molecule has 2 aliphatic rings. The average molecular weight is 399 g/mol. The number of fused-ring (bicyclic) bond motifs is 1. The van der Waals surface area contributed by atoms with Gasteiger partial charge < -0.3 is 14.8 Å². The number of likely N-dealkylation sites (N-methyl/N-ethyl adjacent to an activating group) is 1. The molecule has 1 fully saturated rings. The normalized spacial score (nSPS) is 18.1. The maximum Gasteiger partial charge on any atom is 0.257 e. The first kappa shape index (κ1) is 19.8. The standard InChI is InChI=1S/C21H30N6O2/c1-5-27-14(3)18(13(2)24-27)21(29)26-10-6-15(7-11-26)19-22-17-8-9-25(4)12-16(17)20(28)23-19/h15H,5-12H2,1-4H3,(H,22,23,28). The van der Waals surface area contributed by atoms with E-state index in [2.05, 4.69) is 15.0 Å². The molecular formula is C21H30N6O2. The summed E-state index contributed by atoms with van der Waals surface area (Å²) in [7, 11) is 2.02. The van der Waals surface area contributed by atoms with Crippen LogP contribution in [-0.4, -0.2) is 62.1 Å². The van der Waals surface area contributed by atoms with E-state index in [-0.39, 0.29) is 17.4 Å². The molecule has 156 valence electrons. The highest BCUT2D eigenvalue weighted by atomic mass is 16.2. The second-order valence-corrected chi connectivity index (χ2v) is 8.29. The molecule has 0 bridgehead atoms. The minimum atomic E-state index is -0.00622. The molecule has 0 spiro atoms. The molecule has 0 aromatic carbocycles. The number of nitrogens with one attached hydrogen (secondary N) is 1. The highest BCUT2D eigenvalue weighted by Crippen LogP contribution is 2.28. The van der Waals surface area contributed by atoms with Crippen LogP contribution < -0.4 is 5.56 Å². The number of rotatable bonds is 3. The maximum absolute atomic E-state index is 13.1. The smallest absolute Gasteiger partial charge is 0.257 e. The zero-order chi connectivity index (χ0) is 20.7. The topological polar surface area (TPSA) is 87.1 Å². The highest BCUT2D eigenvalue weighted by Gasteiger charge is 2.30. The molecule has 1 N–H and O–H groups in total. The van der Waals surface area contributed by atoms with Gasteiger partial charge in [0.1, 0.15) is 5.82 Å². The van der Waals surface area contributed by atoms with Gasteiger partial charge in [-0.15, -0.1) is 0 Å². The molecular weight excluding hydrogens is 368 g/mol. The van der Waals surface area contributed by atoms with Crippen molar-refractivity contribution in [2.45, 2.75) is 59.0 Å². The maximum atomic E-state index is 13.1. The van der Waals surface area contributed by atoms with E-state index in [1.165, 1.54) is 0 Å². The number of hydrogen-bond acceptors (Lipinski definition) is 5. The third-order valence-corrected chi connectivity index (χ3v) is 6.34. The summed E-state index contributed by atoms with van der Waals surface area (Å²) in [5.74, 6) is 1.04. The van der Waals surface area contributed by atoms with Crippen molar-refractivity contribution in [3.8, 4) is 0 Å². The first-order valence-electron chi connectivity index (χ1n) is 10.5. The van der Waals surface area contributed by atoms with Crippen LogP contribution in [0.1, 0.15) is 64.5 Å². The molecule has 29 heavy (non-hydrogen) atoms. The van der Waals surface area contributed by atoms with Gasteiger partial charge in [0.15, 0.2) is 0 Å². The van der Waals surface area contributed by atoms with Gasteiger partial charge >= 0.3 is 0 Å². The van der Waals surface area contributed by atoms with E-state index in [1.54, 1.807) is 0 Å². The van der Waals surface area contributed by atoms with E-state index in [9.17, 15) is 9.59 Å². The highest BCUT2D eigenvalue weighted by molar-refractivity contribution is 5.96. The number of nitrogens with zero attached hydrogens (tertiary/aromatic N) is 5. The average Bonchev–Trinajstić information content (AvgIpc) is 3.01. The number of aromatic amines is 1. The molecule has 0 saturated carbocycles. The van der Waals surface area contributed by atoms with Crippen molar-refractivity contribution in [2.75, 3.05) is 26.7 Å². The molecule has 2 aliphatic heterocycles. The fourth-order valence-corrected chi connectivity index (χ4v) is 4.60. The van der Waals surface area contributed by atoms with Gasteiger partial charge in [-0.05, 0) is 40.7 Å². The summed E-state index contributed by atoms with van der Waals surface area (Å²) in [4.78, 5) is 37.5. The summed E-state index contributed by atoms with van der Waals surface area (Å²) in [5.41, 5.74) is 4.19. The van der Waals surface area contributed by atoms with Gasteiger partial charge in [0.25, 0.3) is 11.5 Å². The first-order valence-corrected chi connectivity index (χ1v) is 10.5. The zero-order valence-electron chi connectivity index (χ0n) is 17.8. The van der Waals surface area contributed by atoms with Crippen LogP contribution >= 0.6 is 0 Å². The van der Waals surface area contributed by atoms with Gasteiger partial charge in [-0.2, -0.15) is 5.10 Å². The number of piperidine rings is 1. The van der Waals surface area contributed by atoms with Gasteiger partial charge in [0.2, 0.25) is 0 Å². The third kappa shape index (κ3) is 3.61.